The van der Waals surface area contributed by atoms with Crippen LogP contribution in [0.25, 0.3) is 10.8 Å². The van der Waals surface area contributed by atoms with Crippen LogP contribution in [0.3, 0.4) is 0 Å². The second kappa shape index (κ2) is 8.15. The predicted octanol–water partition coefficient (Wildman–Crippen LogP) is 7.39. The Bertz CT molecular complexity index is 777. The van der Waals surface area contributed by atoms with Gasteiger partial charge < -0.3 is 0 Å². The molecular formula is C24H30. The first-order valence-electron chi connectivity index (χ1n) is 8.93. The molecule has 0 fully saturated rings. The normalized spacial score (nSPS) is 10.8. The summed E-state index contributed by atoms with van der Waals surface area (Å²) in [5.74, 6) is 1.27. The summed E-state index contributed by atoms with van der Waals surface area (Å²) in [6.45, 7) is 13.1. The lowest BCUT2D eigenvalue weighted by atomic mass is 9.98. The van der Waals surface area contributed by atoms with Crippen molar-refractivity contribution in [1.29, 1.82) is 0 Å². The van der Waals surface area contributed by atoms with E-state index in [0.29, 0.717) is 11.8 Å². The van der Waals surface area contributed by atoms with Crippen LogP contribution in [0.2, 0.25) is 0 Å². The molecule has 0 aliphatic rings. The van der Waals surface area contributed by atoms with Gasteiger partial charge in [0.1, 0.15) is 0 Å². The molecule has 0 aliphatic carbocycles. The Balaban J connectivity index is 0.000000185. The quantitative estimate of drug-likeness (QED) is 0.462. The summed E-state index contributed by atoms with van der Waals surface area (Å²) in [5.41, 5.74) is 5.51. The molecule has 0 spiro atoms. The van der Waals surface area contributed by atoms with Crippen LogP contribution in [0.5, 0.6) is 0 Å². The van der Waals surface area contributed by atoms with Gasteiger partial charge in [0.2, 0.25) is 0 Å². The van der Waals surface area contributed by atoms with Gasteiger partial charge in [0, 0.05) is 0 Å². The highest BCUT2D eigenvalue weighted by atomic mass is 14.1. The second-order valence-electron chi connectivity index (χ2n) is 7.33. The molecule has 0 heteroatoms. The fraction of sp³-hybridized carbons (Fsp3) is 0.333. The van der Waals surface area contributed by atoms with Crippen molar-refractivity contribution in [3.63, 3.8) is 0 Å². The smallest absolute Gasteiger partial charge is 0.0181 e. The molecule has 0 N–H and O–H groups in total. The summed E-state index contributed by atoms with van der Waals surface area (Å²) >= 11 is 0. The maximum Gasteiger partial charge on any atom is -0.0181 e. The van der Waals surface area contributed by atoms with E-state index < -0.39 is 0 Å². The molecule has 0 unspecified atom stereocenters. The SMILES string of the molecule is Cc1ccc(C(C)C)cc1.Cc1ccc2cc(C(C)C)ccc2c1. The van der Waals surface area contributed by atoms with E-state index in [4.69, 9.17) is 0 Å². The molecule has 0 saturated carbocycles. The van der Waals surface area contributed by atoms with Crippen molar-refractivity contribution < 1.29 is 0 Å². The number of hydrogen-bond acceptors (Lipinski definition) is 0. The topological polar surface area (TPSA) is 0 Å². The van der Waals surface area contributed by atoms with Gasteiger partial charge in [0.05, 0.1) is 0 Å². The van der Waals surface area contributed by atoms with Gasteiger partial charge in [-0.15, -0.1) is 0 Å². The molecule has 3 aromatic carbocycles. The zero-order valence-corrected chi connectivity index (χ0v) is 15.9. The molecule has 126 valence electrons. The van der Waals surface area contributed by atoms with Crippen molar-refractivity contribution in [2.45, 2.75) is 53.4 Å². The van der Waals surface area contributed by atoms with Crippen molar-refractivity contribution in [1.82, 2.24) is 0 Å². The number of fused-ring (bicyclic) bond motifs is 1. The third-order valence-electron chi connectivity index (χ3n) is 4.43. The fourth-order valence-electron chi connectivity index (χ4n) is 2.69. The zero-order chi connectivity index (χ0) is 17.7. The molecule has 0 aliphatic heterocycles. The van der Waals surface area contributed by atoms with Crippen molar-refractivity contribution in [3.05, 3.63) is 82.9 Å². The van der Waals surface area contributed by atoms with E-state index >= 15 is 0 Å². The van der Waals surface area contributed by atoms with Crippen LogP contribution in [0, 0.1) is 13.8 Å². The Morgan fingerprint density at radius 2 is 0.958 bits per heavy atom. The van der Waals surface area contributed by atoms with E-state index in [1.807, 2.05) is 0 Å². The number of hydrogen-bond donors (Lipinski definition) is 0. The lowest BCUT2D eigenvalue weighted by Crippen LogP contribution is -1.86. The first kappa shape index (κ1) is 18.3. The minimum atomic E-state index is 0.612. The molecular weight excluding hydrogens is 288 g/mol. The average molecular weight is 319 g/mol. The highest BCUT2D eigenvalue weighted by Crippen LogP contribution is 2.22. The van der Waals surface area contributed by atoms with Crippen LogP contribution in [0.15, 0.2) is 60.7 Å². The summed E-state index contributed by atoms with van der Waals surface area (Å²) in [7, 11) is 0. The van der Waals surface area contributed by atoms with Gasteiger partial charge in [0.15, 0.2) is 0 Å². The molecule has 0 atom stereocenters. The largest absolute Gasteiger partial charge is 0.0590 e. The third kappa shape index (κ3) is 4.96. The Morgan fingerprint density at radius 3 is 1.54 bits per heavy atom. The van der Waals surface area contributed by atoms with Crippen LogP contribution in [-0.2, 0) is 0 Å². The Kier molecular flexibility index (Phi) is 6.20. The monoisotopic (exact) mass is 318 g/mol. The summed E-state index contributed by atoms with van der Waals surface area (Å²) in [6, 6.07) is 22.1. The fourth-order valence-corrected chi connectivity index (χ4v) is 2.69. The number of aryl methyl sites for hydroxylation is 2. The summed E-state index contributed by atoms with van der Waals surface area (Å²) < 4.78 is 0. The van der Waals surface area contributed by atoms with Crippen LogP contribution >= 0.6 is 0 Å². The Labute approximate surface area is 147 Å². The zero-order valence-electron chi connectivity index (χ0n) is 15.9. The molecule has 0 saturated heterocycles. The first-order chi connectivity index (χ1) is 11.4. The minimum Gasteiger partial charge on any atom is -0.0590 e. The van der Waals surface area contributed by atoms with Gasteiger partial charge in [-0.05, 0) is 47.6 Å². The van der Waals surface area contributed by atoms with Crippen LogP contribution < -0.4 is 0 Å². The molecule has 0 heterocycles. The van der Waals surface area contributed by atoms with Crippen molar-refractivity contribution in [2.75, 3.05) is 0 Å². The third-order valence-corrected chi connectivity index (χ3v) is 4.43. The number of rotatable bonds is 2. The highest BCUT2D eigenvalue weighted by molar-refractivity contribution is 5.83. The predicted molar refractivity (Wildman–Crippen MR) is 108 cm³/mol. The summed E-state index contributed by atoms with van der Waals surface area (Å²) in [5, 5.41) is 2.69. The molecule has 3 rings (SSSR count). The van der Waals surface area contributed by atoms with E-state index in [2.05, 4.69) is 102 Å². The molecule has 0 amide bonds. The maximum absolute atomic E-state index is 2.29. The van der Waals surface area contributed by atoms with Gasteiger partial charge in [-0.1, -0.05) is 99.5 Å². The summed E-state index contributed by atoms with van der Waals surface area (Å²) in [6.07, 6.45) is 0. The van der Waals surface area contributed by atoms with E-state index in [0.717, 1.165) is 0 Å². The van der Waals surface area contributed by atoms with Gasteiger partial charge in [0.25, 0.3) is 0 Å². The minimum absolute atomic E-state index is 0.612. The van der Waals surface area contributed by atoms with Gasteiger partial charge in [-0.3, -0.25) is 0 Å². The molecule has 0 nitrogen and oxygen atoms in total. The van der Waals surface area contributed by atoms with Gasteiger partial charge in [-0.25, -0.2) is 0 Å². The van der Waals surface area contributed by atoms with E-state index in [1.54, 1.807) is 0 Å². The van der Waals surface area contributed by atoms with Gasteiger partial charge in [-0.2, -0.15) is 0 Å². The van der Waals surface area contributed by atoms with E-state index in [9.17, 15) is 0 Å². The van der Waals surface area contributed by atoms with E-state index in [1.165, 1.54) is 33.0 Å². The van der Waals surface area contributed by atoms with Crippen molar-refractivity contribution in [3.8, 4) is 0 Å². The van der Waals surface area contributed by atoms with Crippen LogP contribution in [0.1, 0.15) is 61.8 Å². The van der Waals surface area contributed by atoms with E-state index in [-0.39, 0.29) is 0 Å². The Hall–Kier alpha value is -2.08. The van der Waals surface area contributed by atoms with Gasteiger partial charge >= 0.3 is 0 Å². The van der Waals surface area contributed by atoms with Crippen molar-refractivity contribution >= 4 is 10.8 Å². The van der Waals surface area contributed by atoms with Crippen LogP contribution in [-0.4, -0.2) is 0 Å². The number of benzene rings is 3. The average Bonchev–Trinajstić information content (AvgIpc) is 2.55. The molecule has 0 radical (unpaired) electrons. The highest BCUT2D eigenvalue weighted by Gasteiger charge is 2.00. The lowest BCUT2D eigenvalue weighted by Gasteiger charge is -2.07. The van der Waals surface area contributed by atoms with Crippen LogP contribution in [0.4, 0.5) is 0 Å². The molecule has 24 heavy (non-hydrogen) atoms. The second-order valence-corrected chi connectivity index (χ2v) is 7.33. The molecule has 0 aromatic heterocycles. The molecule has 3 aromatic rings. The lowest BCUT2D eigenvalue weighted by molar-refractivity contribution is 0.866. The molecule has 0 bridgehead atoms. The van der Waals surface area contributed by atoms with Crippen molar-refractivity contribution in [2.24, 2.45) is 0 Å². The Morgan fingerprint density at radius 1 is 0.500 bits per heavy atom. The maximum atomic E-state index is 2.29. The standard InChI is InChI=1S/C14H16.C10H14/c1-10(2)12-6-7-13-8-11(3)4-5-14(13)9-12;1-8(2)10-6-4-9(3)5-7-10/h4-10H,1-3H3;4-8H,1-3H3. The first-order valence-corrected chi connectivity index (χ1v) is 8.93. The summed E-state index contributed by atoms with van der Waals surface area (Å²) in [4.78, 5) is 0.